The van der Waals surface area contributed by atoms with E-state index in [2.05, 4.69) is 15.9 Å². The molecule has 1 N–H and O–H groups in total. The number of aliphatic hydroxyl groups excluding tert-OH is 1. The summed E-state index contributed by atoms with van der Waals surface area (Å²) in [6.07, 6.45) is 0.308. The summed E-state index contributed by atoms with van der Waals surface area (Å²) in [5, 5.41) is 9.40. The highest BCUT2D eigenvalue weighted by atomic mass is 79.9. The van der Waals surface area contributed by atoms with Crippen molar-refractivity contribution in [3.63, 3.8) is 0 Å². The van der Waals surface area contributed by atoms with Crippen molar-refractivity contribution in [3.8, 4) is 0 Å². The number of hydrogen-bond acceptors (Lipinski definition) is 2. The van der Waals surface area contributed by atoms with E-state index in [0.717, 1.165) is 10.0 Å². The van der Waals surface area contributed by atoms with Crippen LogP contribution >= 0.6 is 15.9 Å². The Morgan fingerprint density at radius 3 is 2.88 bits per heavy atom. The molecule has 0 spiro atoms. The molecule has 0 aliphatic carbocycles. The maximum absolute atomic E-state index is 12.1. The molecular formula is C12H14BrNO2. The van der Waals surface area contributed by atoms with Gasteiger partial charge >= 0.3 is 0 Å². The van der Waals surface area contributed by atoms with Crippen LogP contribution in [0.4, 0.5) is 0 Å². The van der Waals surface area contributed by atoms with E-state index in [-0.39, 0.29) is 12.0 Å². The van der Waals surface area contributed by atoms with E-state index in [4.69, 9.17) is 0 Å². The molecule has 1 aliphatic rings. The molecule has 0 bridgehead atoms. The molecule has 0 unspecified atom stereocenters. The molecule has 0 aromatic heterocycles. The van der Waals surface area contributed by atoms with E-state index < -0.39 is 0 Å². The van der Waals surface area contributed by atoms with Crippen LogP contribution in [-0.2, 0) is 0 Å². The zero-order valence-electron chi connectivity index (χ0n) is 9.11. The number of amides is 1. The van der Waals surface area contributed by atoms with Crippen molar-refractivity contribution >= 4 is 21.8 Å². The van der Waals surface area contributed by atoms with Crippen molar-refractivity contribution in [1.82, 2.24) is 4.90 Å². The molecule has 1 aliphatic heterocycles. The van der Waals surface area contributed by atoms with Gasteiger partial charge in [-0.15, -0.1) is 0 Å². The van der Waals surface area contributed by atoms with Gasteiger partial charge in [0, 0.05) is 17.6 Å². The van der Waals surface area contributed by atoms with Crippen LogP contribution in [0, 0.1) is 6.92 Å². The first-order valence-corrected chi connectivity index (χ1v) is 6.10. The number of hydrogen-bond donors (Lipinski definition) is 1. The Kier molecular flexibility index (Phi) is 3.30. The second-order valence-corrected chi connectivity index (χ2v) is 5.03. The van der Waals surface area contributed by atoms with Crippen LogP contribution in [0.5, 0.6) is 0 Å². The Morgan fingerprint density at radius 2 is 2.31 bits per heavy atom. The molecule has 1 atom stereocenters. The van der Waals surface area contributed by atoms with E-state index in [1.165, 1.54) is 0 Å². The zero-order chi connectivity index (χ0) is 11.7. The quantitative estimate of drug-likeness (QED) is 0.856. The van der Waals surface area contributed by atoms with Crippen molar-refractivity contribution in [3.05, 3.63) is 33.8 Å². The Morgan fingerprint density at radius 1 is 1.56 bits per heavy atom. The SMILES string of the molecule is Cc1ccc(C(=O)N2CC[C@H](O)C2)c(Br)c1. The maximum Gasteiger partial charge on any atom is 0.255 e. The topological polar surface area (TPSA) is 40.5 Å². The summed E-state index contributed by atoms with van der Waals surface area (Å²) in [6.45, 7) is 3.07. The van der Waals surface area contributed by atoms with Gasteiger partial charge in [-0.25, -0.2) is 0 Å². The molecular weight excluding hydrogens is 270 g/mol. The Balaban J connectivity index is 2.21. The van der Waals surface area contributed by atoms with Crippen LogP contribution in [0.3, 0.4) is 0 Å². The van der Waals surface area contributed by atoms with Gasteiger partial charge in [0.25, 0.3) is 5.91 Å². The van der Waals surface area contributed by atoms with Crippen molar-refractivity contribution in [2.45, 2.75) is 19.4 Å². The fourth-order valence-corrected chi connectivity index (χ4v) is 2.55. The zero-order valence-corrected chi connectivity index (χ0v) is 10.7. The summed E-state index contributed by atoms with van der Waals surface area (Å²) < 4.78 is 0.818. The fraction of sp³-hybridized carbons (Fsp3) is 0.417. The maximum atomic E-state index is 12.1. The molecule has 4 heteroatoms. The monoisotopic (exact) mass is 283 g/mol. The number of likely N-dealkylation sites (tertiary alicyclic amines) is 1. The summed E-state index contributed by atoms with van der Waals surface area (Å²) in [4.78, 5) is 13.8. The molecule has 1 saturated heterocycles. The van der Waals surface area contributed by atoms with Gasteiger partial charge in [0.2, 0.25) is 0 Å². The smallest absolute Gasteiger partial charge is 0.255 e. The van der Waals surface area contributed by atoms with Crippen molar-refractivity contribution < 1.29 is 9.90 Å². The normalized spacial score (nSPS) is 20.2. The van der Waals surface area contributed by atoms with Crippen LogP contribution < -0.4 is 0 Å². The van der Waals surface area contributed by atoms with Crippen molar-refractivity contribution in [2.24, 2.45) is 0 Å². The van der Waals surface area contributed by atoms with E-state index in [1.807, 2.05) is 25.1 Å². The van der Waals surface area contributed by atoms with Crippen LogP contribution in [0.1, 0.15) is 22.3 Å². The van der Waals surface area contributed by atoms with Gasteiger partial charge in [-0.05, 0) is 47.0 Å². The first-order valence-electron chi connectivity index (χ1n) is 5.31. The minimum atomic E-state index is -0.367. The third-order valence-corrected chi connectivity index (χ3v) is 3.46. The summed E-state index contributed by atoms with van der Waals surface area (Å²) >= 11 is 3.40. The van der Waals surface area contributed by atoms with Crippen molar-refractivity contribution in [2.75, 3.05) is 13.1 Å². The molecule has 1 aromatic rings. The lowest BCUT2D eigenvalue weighted by Crippen LogP contribution is -2.29. The summed E-state index contributed by atoms with van der Waals surface area (Å²) in [6, 6.07) is 5.68. The number of rotatable bonds is 1. The second-order valence-electron chi connectivity index (χ2n) is 4.18. The molecule has 1 fully saturated rings. The van der Waals surface area contributed by atoms with Gasteiger partial charge in [-0.1, -0.05) is 6.07 Å². The van der Waals surface area contributed by atoms with Gasteiger partial charge in [0.15, 0.2) is 0 Å². The highest BCUT2D eigenvalue weighted by Gasteiger charge is 2.26. The molecule has 1 aromatic carbocycles. The van der Waals surface area contributed by atoms with E-state index in [9.17, 15) is 9.90 Å². The molecule has 3 nitrogen and oxygen atoms in total. The highest BCUT2D eigenvalue weighted by Crippen LogP contribution is 2.22. The number of β-amino-alcohol motifs (C(OH)–C–C–N with tert-alkyl or cyclic N) is 1. The predicted molar refractivity (Wildman–Crippen MR) is 65.4 cm³/mol. The number of carbonyl (C=O) groups excluding carboxylic acids is 1. The minimum Gasteiger partial charge on any atom is -0.391 e. The Labute approximate surface area is 103 Å². The second kappa shape index (κ2) is 4.55. The number of carbonyl (C=O) groups is 1. The molecule has 86 valence electrons. The fourth-order valence-electron chi connectivity index (χ4n) is 1.89. The summed E-state index contributed by atoms with van der Waals surface area (Å²) in [7, 11) is 0. The molecule has 1 amide bonds. The van der Waals surface area contributed by atoms with Gasteiger partial charge in [0.05, 0.1) is 11.7 Å². The lowest BCUT2D eigenvalue weighted by atomic mass is 10.1. The molecule has 2 rings (SSSR count). The van der Waals surface area contributed by atoms with Crippen LogP contribution in [0.25, 0.3) is 0 Å². The van der Waals surface area contributed by atoms with E-state index in [0.29, 0.717) is 25.1 Å². The van der Waals surface area contributed by atoms with E-state index in [1.54, 1.807) is 4.90 Å². The summed E-state index contributed by atoms with van der Waals surface area (Å²) in [5.41, 5.74) is 1.78. The average molecular weight is 284 g/mol. The number of nitrogens with zero attached hydrogens (tertiary/aromatic N) is 1. The number of aliphatic hydroxyl groups is 1. The number of halogens is 1. The van der Waals surface area contributed by atoms with Crippen LogP contribution in [0.2, 0.25) is 0 Å². The highest BCUT2D eigenvalue weighted by molar-refractivity contribution is 9.10. The van der Waals surface area contributed by atoms with Gasteiger partial charge in [0.1, 0.15) is 0 Å². The van der Waals surface area contributed by atoms with Crippen LogP contribution in [0.15, 0.2) is 22.7 Å². The molecule has 16 heavy (non-hydrogen) atoms. The predicted octanol–water partition coefficient (Wildman–Crippen LogP) is 1.96. The lowest BCUT2D eigenvalue weighted by Gasteiger charge is -2.16. The molecule has 0 saturated carbocycles. The molecule has 0 radical (unpaired) electrons. The van der Waals surface area contributed by atoms with Crippen molar-refractivity contribution in [1.29, 1.82) is 0 Å². The Bertz CT molecular complexity index is 419. The number of aryl methyl sites for hydroxylation is 1. The standard InChI is InChI=1S/C12H14BrNO2/c1-8-2-3-10(11(13)6-8)12(16)14-5-4-9(15)7-14/h2-3,6,9,15H,4-5,7H2,1H3/t9-/m0/s1. The van der Waals surface area contributed by atoms with Gasteiger partial charge < -0.3 is 10.0 Å². The van der Waals surface area contributed by atoms with Gasteiger partial charge in [-0.2, -0.15) is 0 Å². The first kappa shape index (κ1) is 11.6. The van der Waals surface area contributed by atoms with E-state index >= 15 is 0 Å². The average Bonchev–Trinajstić information content (AvgIpc) is 2.64. The molecule has 1 heterocycles. The minimum absolute atomic E-state index is 0.0107. The Hall–Kier alpha value is -0.870. The number of benzene rings is 1. The van der Waals surface area contributed by atoms with Crippen LogP contribution in [-0.4, -0.2) is 35.1 Å². The summed E-state index contributed by atoms with van der Waals surface area (Å²) in [5.74, 6) is -0.0107. The largest absolute Gasteiger partial charge is 0.391 e. The third kappa shape index (κ3) is 2.28. The first-order chi connectivity index (χ1) is 7.58. The van der Waals surface area contributed by atoms with Gasteiger partial charge in [-0.3, -0.25) is 4.79 Å². The lowest BCUT2D eigenvalue weighted by molar-refractivity contribution is 0.0764. The third-order valence-electron chi connectivity index (χ3n) is 2.81.